The maximum Gasteiger partial charge on any atom is 0.172 e. The molecule has 3 rings (SSSR count). The number of hydrogen-bond acceptors (Lipinski definition) is 5. The first-order chi connectivity index (χ1) is 8.24. The monoisotopic (exact) mass is 232 g/mol. The van der Waals surface area contributed by atoms with Crippen LogP contribution in [0.2, 0.25) is 0 Å². The molecule has 2 N–H and O–H groups in total. The summed E-state index contributed by atoms with van der Waals surface area (Å²) >= 11 is 0. The Labute approximate surface area is 98.1 Å². The standard InChI is InChI=1S/C12H12N2O3/c1-7-4-8(9-6-11(13)14-17-9)12-10(5-7)15-2-3-16-12/h4-6H,2-3H2,1H3,(H2,13,14). The number of hydrogen-bond donors (Lipinski definition) is 1. The van der Waals surface area contributed by atoms with E-state index < -0.39 is 0 Å². The molecule has 0 spiro atoms. The van der Waals surface area contributed by atoms with E-state index in [1.807, 2.05) is 19.1 Å². The molecule has 1 aromatic carbocycles. The Hall–Kier alpha value is -2.17. The lowest BCUT2D eigenvalue weighted by Crippen LogP contribution is -2.16. The van der Waals surface area contributed by atoms with Crippen molar-refractivity contribution in [1.29, 1.82) is 0 Å². The SMILES string of the molecule is Cc1cc2c(c(-c3cc(N)no3)c1)OCCO2. The molecule has 5 nitrogen and oxygen atoms in total. The Kier molecular flexibility index (Phi) is 2.18. The maximum absolute atomic E-state index is 5.62. The topological polar surface area (TPSA) is 70.5 Å². The first-order valence-electron chi connectivity index (χ1n) is 5.37. The summed E-state index contributed by atoms with van der Waals surface area (Å²) < 4.78 is 16.3. The summed E-state index contributed by atoms with van der Waals surface area (Å²) in [5.74, 6) is 2.37. The number of benzene rings is 1. The van der Waals surface area contributed by atoms with Crippen LogP contribution in [-0.2, 0) is 0 Å². The van der Waals surface area contributed by atoms with Crippen molar-refractivity contribution in [3.05, 3.63) is 23.8 Å². The van der Waals surface area contributed by atoms with Gasteiger partial charge >= 0.3 is 0 Å². The highest BCUT2D eigenvalue weighted by Crippen LogP contribution is 2.41. The van der Waals surface area contributed by atoms with Crippen molar-refractivity contribution < 1.29 is 14.0 Å². The molecule has 0 amide bonds. The summed E-state index contributed by atoms with van der Waals surface area (Å²) in [6, 6.07) is 5.58. The van der Waals surface area contributed by atoms with Crippen molar-refractivity contribution in [2.75, 3.05) is 18.9 Å². The molecule has 2 aromatic rings. The number of rotatable bonds is 1. The van der Waals surface area contributed by atoms with E-state index in [0.717, 1.165) is 16.9 Å². The minimum atomic E-state index is 0.354. The van der Waals surface area contributed by atoms with Crippen LogP contribution in [0.25, 0.3) is 11.3 Å². The Morgan fingerprint density at radius 2 is 2.00 bits per heavy atom. The summed E-state index contributed by atoms with van der Waals surface area (Å²) in [5.41, 5.74) is 7.44. The smallest absolute Gasteiger partial charge is 0.172 e. The van der Waals surface area contributed by atoms with Crippen LogP contribution < -0.4 is 15.2 Å². The lowest BCUT2D eigenvalue weighted by Gasteiger charge is -2.20. The Morgan fingerprint density at radius 3 is 2.76 bits per heavy atom. The largest absolute Gasteiger partial charge is 0.486 e. The Bertz CT molecular complexity index is 563. The number of fused-ring (bicyclic) bond motifs is 1. The van der Waals surface area contributed by atoms with Crippen LogP contribution in [0.5, 0.6) is 11.5 Å². The number of ether oxygens (including phenoxy) is 2. The third-order valence-electron chi connectivity index (χ3n) is 2.58. The van der Waals surface area contributed by atoms with Gasteiger partial charge in [0, 0.05) is 6.07 Å². The summed E-state index contributed by atoms with van der Waals surface area (Å²) in [4.78, 5) is 0. The number of aromatic nitrogens is 1. The molecule has 0 aliphatic carbocycles. The zero-order valence-corrected chi connectivity index (χ0v) is 9.40. The number of aryl methyl sites for hydroxylation is 1. The quantitative estimate of drug-likeness (QED) is 0.814. The number of nitrogen functional groups attached to an aromatic ring is 1. The minimum absolute atomic E-state index is 0.354. The van der Waals surface area contributed by atoms with Crippen molar-refractivity contribution in [1.82, 2.24) is 5.16 Å². The Morgan fingerprint density at radius 1 is 1.18 bits per heavy atom. The fourth-order valence-electron chi connectivity index (χ4n) is 1.89. The van der Waals surface area contributed by atoms with Gasteiger partial charge in [-0.15, -0.1) is 0 Å². The van der Waals surface area contributed by atoms with Crippen LogP contribution in [0, 0.1) is 6.92 Å². The van der Waals surface area contributed by atoms with Crippen LogP contribution in [0.4, 0.5) is 5.82 Å². The second-order valence-electron chi connectivity index (χ2n) is 3.95. The predicted octanol–water partition coefficient (Wildman–Crippen LogP) is 2.00. The van der Waals surface area contributed by atoms with Crippen LogP contribution in [0.15, 0.2) is 22.7 Å². The zero-order valence-electron chi connectivity index (χ0n) is 9.40. The first-order valence-corrected chi connectivity index (χ1v) is 5.37. The summed E-state index contributed by atoms with van der Waals surface area (Å²) in [6.45, 7) is 3.09. The van der Waals surface area contributed by atoms with E-state index in [1.54, 1.807) is 6.07 Å². The lowest BCUT2D eigenvalue weighted by atomic mass is 10.1. The predicted molar refractivity (Wildman–Crippen MR) is 62.1 cm³/mol. The molecular formula is C12H12N2O3. The van der Waals surface area contributed by atoms with Crippen LogP contribution in [0.3, 0.4) is 0 Å². The molecule has 2 heterocycles. The number of nitrogens with two attached hydrogens (primary N) is 1. The number of nitrogens with zero attached hydrogens (tertiary/aromatic N) is 1. The van der Waals surface area contributed by atoms with Gasteiger partial charge in [-0.3, -0.25) is 0 Å². The highest BCUT2D eigenvalue weighted by atomic mass is 16.6. The van der Waals surface area contributed by atoms with Crippen molar-refractivity contribution in [2.45, 2.75) is 6.92 Å². The van der Waals surface area contributed by atoms with Gasteiger partial charge in [-0.1, -0.05) is 5.16 Å². The van der Waals surface area contributed by atoms with Crippen LogP contribution in [0.1, 0.15) is 5.56 Å². The molecule has 0 saturated heterocycles. The first kappa shape index (κ1) is 10.0. The van der Waals surface area contributed by atoms with E-state index in [9.17, 15) is 0 Å². The molecular weight excluding hydrogens is 220 g/mol. The fraction of sp³-hybridized carbons (Fsp3) is 0.250. The van der Waals surface area contributed by atoms with E-state index in [-0.39, 0.29) is 0 Å². The van der Waals surface area contributed by atoms with Crippen molar-refractivity contribution in [3.8, 4) is 22.8 Å². The molecule has 1 aliphatic heterocycles. The third kappa shape index (κ3) is 1.69. The minimum Gasteiger partial charge on any atom is -0.486 e. The van der Waals surface area contributed by atoms with Gasteiger partial charge in [0.15, 0.2) is 23.1 Å². The van der Waals surface area contributed by atoms with E-state index >= 15 is 0 Å². The van der Waals surface area contributed by atoms with Crippen LogP contribution >= 0.6 is 0 Å². The molecule has 0 bridgehead atoms. The molecule has 0 saturated carbocycles. The summed E-state index contributed by atoms with van der Waals surface area (Å²) in [7, 11) is 0. The molecule has 1 aliphatic rings. The molecule has 5 heteroatoms. The molecule has 0 unspecified atom stereocenters. The van der Waals surface area contributed by atoms with Gasteiger partial charge in [-0.2, -0.15) is 0 Å². The van der Waals surface area contributed by atoms with Gasteiger partial charge in [0.2, 0.25) is 0 Å². The normalized spacial score (nSPS) is 13.7. The second-order valence-corrected chi connectivity index (χ2v) is 3.95. The van der Waals surface area contributed by atoms with Gasteiger partial charge in [0.25, 0.3) is 0 Å². The second kappa shape index (κ2) is 3.69. The molecule has 1 aromatic heterocycles. The van der Waals surface area contributed by atoms with E-state index in [1.165, 1.54) is 0 Å². The zero-order chi connectivity index (χ0) is 11.8. The van der Waals surface area contributed by atoms with Gasteiger partial charge < -0.3 is 19.7 Å². The summed E-state index contributed by atoms with van der Waals surface area (Å²) in [5, 5.41) is 3.68. The van der Waals surface area contributed by atoms with Crippen molar-refractivity contribution in [3.63, 3.8) is 0 Å². The Balaban J connectivity index is 2.18. The lowest BCUT2D eigenvalue weighted by molar-refractivity contribution is 0.172. The van der Waals surface area contributed by atoms with Crippen molar-refractivity contribution in [2.24, 2.45) is 0 Å². The molecule has 17 heavy (non-hydrogen) atoms. The fourth-order valence-corrected chi connectivity index (χ4v) is 1.89. The van der Waals surface area contributed by atoms with Gasteiger partial charge in [0.05, 0.1) is 5.56 Å². The van der Waals surface area contributed by atoms with E-state index in [0.29, 0.717) is 30.5 Å². The van der Waals surface area contributed by atoms with E-state index in [4.69, 9.17) is 19.7 Å². The van der Waals surface area contributed by atoms with Crippen molar-refractivity contribution >= 4 is 5.82 Å². The average molecular weight is 232 g/mol. The average Bonchev–Trinajstić information content (AvgIpc) is 2.74. The third-order valence-corrected chi connectivity index (χ3v) is 2.58. The molecule has 88 valence electrons. The molecule has 0 radical (unpaired) electrons. The van der Waals surface area contributed by atoms with Crippen LogP contribution in [-0.4, -0.2) is 18.4 Å². The van der Waals surface area contributed by atoms with Gasteiger partial charge in [-0.05, 0) is 24.6 Å². The number of anilines is 1. The van der Waals surface area contributed by atoms with E-state index in [2.05, 4.69) is 5.16 Å². The van der Waals surface area contributed by atoms with Gasteiger partial charge in [-0.25, -0.2) is 0 Å². The maximum atomic E-state index is 5.62. The molecule has 0 atom stereocenters. The highest BCUT2D eigenvalue weighted by Gasteiger charge is 2.20. The highest BCUT2D eigenvalue weighted by molar-refractivity contribution is 5.72. The van der Waals surface area contributed by atoms with Gasteiger partial charge in [0.1, 0.15) is 13.2 Å². The molecule has 0 fully saturated rings. The summed E-state index contributed by atoms with van der Waals surface area (Å²) in [6.07, 6.45) is 0.